The fraction of sp³-hybridized carbons (Fsp3) is 0.333. The van der Waals surface area contributed by atoms with E-state index >= 15 is 0 Å². The first-order chi connectivity index (χ1) is 10.1. The zero-order valence-electron chi connectivity index (χ0n) is 14.2. The van der Waals surface area contributed by atoms with Crippen molar-refractivity contribution in [1.29, 1.82) is 0 Å². The Labute approximate surface area is 157 Å². The largest absolute Gasteiger partial charge is 0.305 e. The second-order valence-corrected chi connectivity index (χ2v) is 6.88. The highest BCUT2D eigenvalue weighted by Gasteiger charge is 2.08. The molecule has 0 saturated carbocycles. The van der Waals surface area contributed by atoms with E-state index < -0.39 is 0 Å². The molecular formula is C18H26Cl2N2S. The van der Waals surface area contributed by atoms with E-state index in [2.05, 4.69) is 86.5 Å². The second-order valence-electron chi connectivity index (χ2n) is 5.79. The van der Waals surface area contributed by atoms with E-state index in [-0.39, 0.29) is 24.8 Å². The number of benzene rings is 2. The lowest BCUT2D eigenvalue weighted by Crippen LogP contribution is -2.12. The van der Waals surface area contributed by atoms with Crippen LogP contribution in [0.15, 0.2) is 58.3 Å². The first-order valence-electron chi connectivity index (χ1n) is 7.19. The summed E-state index contributed by atoms with van der Waals surface area (Å²) in [6, 6.07) is 17.4. The summed E-state index contributed by atoms with van der Waals surface area (Å²) in [5.41, 5.74) is 2.76. The van der Waals surface area contributed by atoms with E-state index in [9.17, 15) is 0 Å². The Morgan fingerprint density at radius 3 is 1.35 bits per heavy atom. The molecular weight excluding hydrogens is 347 g/mol. The predicted octanol–water partition coefficient (Wildman–Crippen LogP) is 4.80. The van der Waals surface area contributed by atoms with E-state index in [0.717, 1.165) is 13.1 Å². The van der Waals surface area contributed by atoms with Gasteiger partial charge in [-0.3, -0.25) is 0 Å². The van der Waals surface area contributed by atoms with Gasteiger partial charge in [0, 0.05) is 22.9 Å². The average Bonchev–Trinajstić information content (AvgIpc) is 2.42. The topological polar surface area (TPSA) is 6.48 Å². The van der Waals surface area contributed by atoms with Gasteiger partial charge in [-0.25, -0.2) is 0 Å². The number of nitrogens with zero attached hydrogens (tertiary/aromatic N) is 2. The van der Waals surface area contributed by atoms with Gasteiger partial charge in [-0.1, -0.05) is 48.2 Å². The molecule has 0 spiro atoms. The molecule has 2 aromatic carbocycles. The maximum Gasteiger partial charge on any atom is 0.0238 e. The number of halogens is 2. The van der Waals surface area contributed by atoms with E-state index in [1.807, 2.05) is 11.8 Å². The molecule has 2 nitrogen and oxygen atoms in total. The van der Waals surface area contributed by atoms with Gasteiger partial charge in [-0.15, -0.1) is 24.8 Å². The highest BCUT2D eigenvalue weighted by atomic mass is 35.5. The molecule has 2 aromatic rings. The van der Waals surface area contributed by atoms with Crippen molar-refractivity contribution in [3.63, 3.8) is 0 Å². The number of rotatable bonds is 6. The molecule has 0 radical (unpaired) electrons. The third-order valence-electron chi connectivity index (χ3n) is 3.14. The quantitative estimate of drug-likeness (QED) is 0.718. The monoisotopic (exact) mass is 372 g/mol. The van der Waals surface area contributed by atoms with Crippen molar-refractivity contribution in [2.75, 3.05) is 28.2 Å². The summed E-state index contributed by atoms with van der Waals surface area (Å²) in [6.07, 6.45) is 0. The average molecular weight is 373 g/mol. The molecule has 0 heterocycles. The van der Waals surface area contributed by atoms with Gasteiger partial charge in [0.25, 0.3) is 0 Å². The van der Waals surface area contributed by atoms with Crippen LogP contribution in [0.2, 0.25) is 0 Å². The Kier molecular flexibility index (Phi) is 10.6. The van der Waals surface area contributed by atoms with Crippen molar-refractivity contribution in [1.82, 2.24) is 9.80 Å². The summed E-state index contributed by atoms with van der Waals surface area (Å²) in [6.45, 7) is 1.94. The molecule has 0 atom stereocenters. The van der Waals surface area contributed by atoms with Crippen LogP contribution in [0.3, 0.4) is 0 Å². The van der Waals surface area contributed by atoms with E-state index in [1.54, 1.807) is 0 Å². The highest BCUT2D eigenvalue weighted by Crippen LogP contribution is 2.33. The van der Waals surface area contributed by atoms with Crippen LogP contribution >= 0.6 is 36.6 Å². The smallest absolute Gasteiger partial charge is 0.0238 e. The number of hydrogen-bond acceptors (Lipinski definition) is 3. The van der Waals surface area contributed by atoms with Gasteiger partial charge >= 0.3 is 0 Å². The molecule has 128 valence electrons. The van der Waals surface area contributed by atoms with E-state index in [4.69, 9.17) is 0 Å². The minimum Gasteiger partial charge on any atom is -0.305 e. The lowest BCUT2D eigenvalue weighted by molar-refractivity contribution is 0.398. The molecule has 0 amide bonds. The Bertz CT molecular complexity index is 537. The summed E-state index contributed by atoms with van der Waals surface area (Å²) in [4.78, 5) is 7.12. The fourth-order valence-electron chi connectivity index (χ4n) is 2.27. The third kappa shape index (κ3) is 7.15. The maximum absolute atomic E-state index is 2.22. The van der Waals surface area contributed by atoms with Crippen LogP contribution in [0.1, 0.15) is 11.1 Å². The summed E-state index contributed by atoms with van der Waals surface area (Å²) in [5.74, 6) is 0. The van der Waals surface area contributed by atoms with Crippen molar-refractivity contribution in [3.8, 4) is 0 Å². The van der Waals surface area contributed by atoms with Crippen LogP contribution in [-0.4, -0.2) is 38.0 Å². The summed E-state index contributed by atoms with van der Waals surface area (Å²) < 4.78 is 0. The van der Waals surface area contributed by atoms with Crippen LogP contribution < -0.4 is 0 Å². The van der Waals surface area contributed by atoms with Gasteiger partial charge in [0.1, 0.15) is 0 Å². The molecule has 0 fully saturated rings. The Morgan fingerprint density at radius 1 is 0.652 bits per heavy atom. The lowest BCUT2D eigenvalue weighted by Gasteiger charge is -2.16. The molecule has 0 N–H and O–H groups in total. The Hall–Kier alpha value is -0.710. The van der Waals surface area contributed by atoms with Gasteiger partial charge in [0.05, 0.1) is 0 Å². The summed E-state index contributed by atoms with van der Waals surface area (Å²) in [7, 11) is 8.45. The molecule has 2 rings (SSSR count). The van der Waals surface area contributed by atoms with E-state index in [0.29, 0.717) is 0 Å². The SMILES string of the molecule is CN(C)Cc1ccccc1Sc1ccccc1CN(C)C.Cl.Cl. The predicted molar refractivity (Wildman–Crippen MR) is 106 cm³/mol. The van der Waals surface area contributed by atoms with Gasteiger partial charge in [0.15, 0.2) is 0 Å². The molecule has 5 heteroatoms. The molecule has 0 aromatic heterocycles. The van der Waals surface area contributed by atoms with Crippen molar-refractivity contribution in [2.24, 2.45) is 0 Å². The van der Waals surface area contributed by atoms with Crippen LogP contribution in [0.5, 0.6) is 0 Å². The van der Waals surface area contributed by atoms with Crippen LogP contribution in [-0.2, 0) is 13.1 Å². The van der Waals surface area contributed by atoms with Crippen LogP contribution in [0.4, 0.5) is 0 Å². The standard InChI is InChI=1S/C18H24N2S.2ClH/c1-19(2)13-15-9-5-7-11-17(15)21-18-12-8-6-10-16(18)14-20(3)4;;/h5-12H,13-14H2,1-4H3;2*1H. The zero-order chi connectivity index (χ0) is 15.2. The number of hydrogen-bond donors (Lipinski definition) is 0. The van der Waals surface area contributed by atoms with Gasteiger partial charge in [-0.2, -0.15) is 0 Å². The van der Waals surface area contributed by atoms with Gasteiger partial charge in [0.2, 0.25) is 0 Å². The van der Waals surface area contributed by atoms with Crippen molar-refractivity contribution in [3.05, 3.63) is 59.7 Å². The summed E-state index contributed by atoms with van der Waals surface area (Å²) >= 11 is 1.87. The second kappa shape index (κ2) is 11.0. The Balaban J connectivity index is 0.00000242. The molecule has 23 heavy (non-hydrogen) atoms. The van der Waals surface area contributed by atoms with Crippen LogP contribution in [0, 0.1) is 0 Å². The first kappa shape index (κ1) is 22.3. The highest BCUT2D eigenvalue weighted by molar-refractivity contribution is 7.99. The third-order valence-corrected chi connectivity index (χ3v) is 4.37. The maximum atomic E-state index is 2.22. The molecule has 0 aliphatic rings. The normalized spacial score (nSPS) is 10.3. The zero-order valence-corrected chi connectivity index (χ0v) is 16.6. The van der Waals surface area contributed by atoms with Gasteiger partial charge < -0.3 is 9.80 Å². The van der Waals surface area contributed by atoms with E-state index in [1.165, 1.54) is 20.9 Å². The molecule has 0 bridgehead atoms. The van der Waals surface area contributed by atoms with Crippen molar-refractivity contribution in [2.45, 2.75) is 22.9 Å². The minimum atomic E-state index is 0. The van der Waals surface area contributed by atoms with Crippen molar-refractivity contribution < 1.29 is 0 Å². The van der Waals surface area contributed by atoms with Crippen LogP contribution in [0.25, 0.3) is 0 Å². The van der Waals surface area contributed by atoms with Gasteiger partial charge in [-0.05, 0) is 51.5 Å². The molecule has 0 aliphatic heterocycles. The summed E-state index contributed by atoms with van der Waals surface area (Å²) in [5, 5.41) is 0. The minimum absolute atomic E-state index is 0. The molecule has 0 saturated heterocycles. The molecule has 0 unspecified atom stereocenters. The molecule has 0 aliphatic carbocycles. The van der Waals surface area contributed by atoms with Crippen molar-refractivity contribution >= 4 is 36.6 Å². The first-order valence-corrected chi connectivity index (χ1v) is 8.01. The fourth-order valence-corrected chi connectivity index (χ4v) is 3.33. The Morgan fingerprint density at radius 2 is 1.00 bits per heavy atom. The lowest BCUT2D eigenvalue weighted by atomic mass is 10.2.